The molecule has 2 aliphatic rings. The predicted octanol–water partition coefficient (Wildman–Crippen LogP) is 5.05. The number of imidazole rings is 1. The maximum absolute atomic E-state index is 15.7. The van der Waals surface area contributed by atoms with Crippen LogP contribution in [0, 0.1) is 0 Å². The normalized spacial score (nSPS) is 19.1. The smallest absolute Gasteiger partial charge is 0.265 e. The van der Waals surface area contributed by atoms with Crippen molar-refractivity contribution in [3.63, 3.8) is 0 Å². The number of nitrogens with zero attached hydrogens (tertiary/aromatic N) is 7. The zero-order valence-corrected chi connectivity index (χ0v) is 21.7. The number of hydrogen-bond acceptors (Lipinski definition) is 6. The molecule has 1 atom stereocenters. The number of fused-ring (bicyclic) bond motifs is 1. The van der Waals surface area contributed by atoms with Gasteiger partial charge in [0.2, 0.25) is 5.67 Å². The van der Waals surface area contributed by atoms with E-state index in [1.54, 1.807) is 23.0 Å². The molecule has 8 nitrogen and oxygen atoms in total. The summed E-state index contributed by atoms with van der Waals surface area (Å²) >= 11 is 13.5. The second kappa shape index (κ2) is 9.51. The molecule has 6 rings (SSSR count). The van der Waals surface area contributed by atoms with E-state index in [-0.39, 0.29) is 18.1 Å². The van der Waals surface area contributed by atoms with Gasteiger partial charge in [0, 0.05) is 24.9 Å². The SMILES string of the molecule is O=C(N1CCn2c(nnc2-c2csc(Cn3cnc(Cl)c3Cl)n2)C1)C1(F)C=CC(c2ccccc2)=CC1. The second-order valence-electron chi connectivity index (χ2n) is 8.82. The van der Waals surface area contributed by atoms with E-state index in [1.807, 2.05) is 40.3 Å². The molecule has 37 heavy (non-hydrogen) atoms. The third-order valence-electron chi connectivity index (χ3n) is 6.47. The topological polar surface area (TPSA) is 81.7 Å². The van der Waals surface area contributed by atoms with Gasteiger partial charge in [-0.25, -0.2) is 14.4 Å². The fraction of sp³-hybridized carbons (Fsp3) is 0.240. The summed E-state index contributed by atoms with van der Waals surface area (Å²) in [6.07, 6.45) is 6.40. The van der Waals surface area contributed by atoms with Crippen molar-refractivity contribution in [3.05, 3.63) is 87.0 Å². The summed E-state index contributed by atoms with van der Waals surface area (Å²) in [5.74, 6) is 0.648. The number of halogens is 3. The molecule has 12 heteroatoms. The Kier molecular flexibility index (Phi) is 6.18. The number of rotatable bonds is 5. The number of amides is 1. The highest BCUT2D eigenvalue weighted by molar-refractivity contribution is 7.09. The van der Waals surface area contributed by atoms with Gasteiger partial charge in [-0.05, 0) is 17.2 Å². The minimum absolute atomic E-state index is 0.00521. The number of allylic oxidation sites excluding steroid dienone is 3. The molecule has 0 N–H and O–H groups in total. The second-order valence-corrected chi connectivity index (χ2v) is 10.5. The quantitative estimate of drug-likeness (QED) is 0.344. The zero-order valence-electron chi connectivity index (χ0n) is 19.4. The van der Waals surface area contributed by atoms with Crippen LogP contribution >= 0.6 is 34.5 Å². The molecule has 1 amide bonds. The van der Waals surface area contributed by atoms with Crippen LogP contribution in [0.5, 0.6) is 0 Å². The van der Waals surface area contributed by atoms with Gasteiger partial charge in [0.15, 0.2) is 16.8 Å². The Morgan fingerprint density at radius 2 is 2.00 bits per heavy atom. The highest BCUT2D eigenvalue weighted by Gasteiger charge is 2.41. The molecule has 188 valence electrons. The lowest BCUT2D eigenvalue weighted by atomic mass is 9.89. The Hall–Kier alpha value is -3.34. The predicted molar refractivity (Wildman–Crippen MR) is 140 cm³/mol. The minimum Gasteiger partial charge on any atom is -0.330 e. The number of carbonyl (C=O) groups excluding carboxylic acids is 1. The first-order chi connectivity index (χ1) is 17.9. The molecule has 1 aliphatic carbocycles. The first-order valence-electron chi connectivity index (χ1n) is 11.6. The van der Waals surface area contributed by atoms with E-state index in [0.717, 1.165) is 16.1 Å². The van der Waals surface area contributed by atoms with Crippen molar-refractivity contribution in [2.45, 2.75) is 31.7 Å². The molecule has 0 saturated carbocycles. The number of aromatic nitrogens is 6. The molecule has 1 unspecified atom stereocenters. The Bertz CT molecular complexity index is 1540. The van der Waals surface area contributed by atoms with Crippen LogP contribution in [-0.4, -0.2) is 52.3 Å². The summed E-state index contributed by atoms with van der Waals surface area (Å²) in [5.41, 5.74) is 0.501. The summed E-state index contributed by atoms with van der Waals surface area (Å²) in [6, 6.07) is 9.73. The van der Waals surface area contributed by atoms with Gasteiger partial charge in [-0.3, -0.25) is 4.79 Å². The van der Waals surface area contributed by atoms with Crippen LogP contribution in [0.1, 0.15) is 22.8 Å². The van der Waals surface area contributed by atoms with Crippen LogP contribution in [0.3, 0.4) is 0 Å². The Labute approximate surface area is 225 Å². The van der Waals surface area contributed by atoms with Crippen LogP contribution in [-0.2, 0) is 24.4 Å². The van der Waals surface area contributed by atoms with E-state index < -0.39 is 11.6 Å². The molecule has 1 aromatic carbocycles. The van der Waals surface area contributed by atoms with Gasteiger partial charge in [-0.15, -0.1) is 21.5 Å². The molecule has 0 saturated heterocycles. The fourth-order valence-electron chi connectivity index (χ4n) is 4.49. The molecule has 1 aliphatic heterocycles. The number of hydrogen-bond donors (Lipinski definition) is 0. The Morgan fingerprint density at radius 1 is 1.16 bits per heavy atom. The monoisotopic (exact) mass is 555 g/mol. The first kappa shape index (κ1) is 24.0. The third kappa shape index (κ3) is 4.49. The largest absolute Gasteiger partial charge is 0.330 e. The van der Waals surface area contributed by atoms with Crippen molar-refractivity contribution in [1.82, 2.24) is 34.2 Å². The molecule has 0 spiro atoms. The third-order valence-corrected chi connectivity index (χ3v) is 8.07. The van der Waals surface area contributed by atoms with Gasteiger partial charge in [0.25, 0.3) is 5.91 Å². The first-order valence-corrected chi connectivity index (χ1v) is 13.2. The molecule has 0 radical (unpaired) electrons. The maximum atomic E-state index is 15.7. The highest BCUT2D eigenvalue weighted by Crippen LogP contribution is 2.33. The van der Waals surface area contributed by atoms with E-state index >= 15 is 4.39 Å². The zero-order chi connectivity index (χ0) is 25.6. The lowest BCUT2D eigenvalue weighted by molar-refractivity contribution is -0.142. The molecule has 0 bridgehead atoms. The molecule has 4 aromatic rings. The van der Waals surface area contributed by atoms with Crippen LogP contribution in [0.4, 0.5) is 4.39 Å². The fourth-order valence-corrected chi connectivity index (χ4v) is 5.56. The van der Waals surface area contributed by atoms with E-state index in [0.29, 0.717) is 42.1 Å². The van der Waals surface area contributed by atoms with Gasteiger partial charge < -0.3 is 14.0 Å². The van der Waals surface area contributed by atoms with Gasteiger partial charge in [-0.2, -0.15) is 0 Å². The van der Waals surface area contributed by atoms with Crippen molar-refractivity contribution in [2.24, 2.45) is 0 Å². The summed E-state index contributed by atoms with van der Waals surface area (Å²) in [7, 11) is 0. The summed E-state index contributed by atoms with van der Waals surface area (Å²) in [5, 5.41) is 11.9. The molecular weight excluding hydrogens is 536 g/mol. The summed E-state index contributed by atoms with van der Waals surface area (Å²) < 4.78 is 19.3. The number of thiazole rings is 1. The van der Waals surface area contributed by atoms with E-state index in [4.69, 9.17) is 23.2 Å². The average molecular weight is 556 g/mol. The minimum atomic E-state index is -2.08. The lowest BCUT2D eigenvalue weighted by Crippen LogP contribution is -2.48. The Balaban J connectivity index is 1.15. The van der Waals surface area contributed by atoms with Crippen molar-refractivity contribution < 1.29 is 9.18 Å². The van der Waals surface area contributed by atoms with Gasteiger partial charge in [-0.1, -0.05) is 65.7 Å². The molecule has 0 fully saturated rings. The summed E-state index contributed by atoms with van der Waals surface area (Å²) in [4.78, 5) is 23.3. The van der Waals surface area contributed by atoms with Crippen molar-refractivity contribution in [1.29, 1.82) is 0 Å². The van der Waals surface area contributed by atoms with Gasteiger partial charge in [0.1, 0.15) is 15.9 Å². The molecule has 4 heterocycles. The molecule has 3 aromatic heterocycles. The van der Waals surface area contributed by atoms with Crippen LogP contribution < -0.4 is 0 Å². The number of carbonyl (C=O) groups is 1. The van der Waals surface area contributed by atoms with Crippen molar-refractivity contribution in [2.75, 3.05) is 6.54 Å². The summed E-state index contributed by atoms with van der Waals surface area (Å²) in [6.45, 7) is 1.41. The average Bonchev–Trinajstić information content (AvgIpc) is 3.64. The van der Waals surface area contributed by atoms with Crippen LogP contribution in [0.25, 0.3) is 17.1 Å². The van der Waals surface area contributed by atoms with E-state index in [9.17, 15) is 4.79 Å². The Morgan fingerprint density at radius 3 is 2.73 bits per heavy atom. The lowest BCUT2D eigenvalue weighted by Gasteiger charge is -2.33. The van der Waals surface area contributed by atoms with E-state index in [2.05, 4.69) is 20.2 Å². The number of benzene rings is 1. The number of alkyl halides is 1. The molecular formula is C25H20Cl2FN7OS. The highest BCUT2D eigenvalue weighted by atomic mass is 35.5. The van der Waals surface area contributed by atoms with Gasteiger partial charge >= 0.3 is 0 Å². The standard InChI is InChI=1S/C25H20Cl2FN7OS/c26-21-22(27)34(15-29-21)13-20-30-18(14-37-20)23-32-31-19-12-33(10-11-35(19)23)24(36)25(28)8-6-17(7-9-25)16-4-2-1-3-5-16/h1-8,14-15H,9-13H2. The van der Waals surface area contributed by atoms with Crippen molar-refractivity contribution in [3.8, 4) is 11.5 Å². The van der Waals surface area contributed by atoms with Crippen molar-refractivity contribution >= 4 is 46.0 Å². The van der Waals surface area contributed by atoms with Crippen LogP contribution in [0.2, 0.25) is 10.3 Å². The maximum Gasteiger partial charge on any atom is 0.265 e. The van der Waals surface area contributed by atoms with Crippen LogP contribution in [0.15, 0.2) is 60.3 Å². The van der Waals surface area contributed by atoms with E-state index in [1.165, 1.54) is 22.3 Å². The van der Waals surface area contributed by atoms with Gasteiger partial charge in [0.05, 0.1) is 19.4 Å².